The Labute approximate surface area is 143 Å². The van der Waals surface area contributed by atoms with Crippen molar-refractivity contribution in [2.75, 3.05) is 20.7 Å². The van der Waals surface area contributed by atoms with E-state index >= 15 is 0 Å². The number of rotatable bonds is 2. The van der Waals surface area contributed by atoms with Crippen LogP contribution in [0.25, 0.3) is 0 Å². The quantitative estimate of drug-likeness (QED) is 0.906. The molecular formula is C20H27NO3. The van der Waals surface area contributed by atoms with Gasteiger partial charge >= 0.3 is 0 Å². The SMILES string of the molecule is CCC1CC2C3Cc4ccc(OC)c(O)c4C2(CCN3C)CC1=O. The molecule has 2 fully saturated rings. The Morgan fingerprint density at radius 1 is 1.42 bits per heavy atom. The van der Waals surface area contributed by atoms with E-state index < -0.39 is 0 Å². The first-order valence-corrected chi connectivity index (χ1v) is 9.14. The molecule has 0 aromatic heterocycles. The van der Waals surface area contributed by atoms with Crippen LogP contribution in [0.1, 0.15) is 43.7 Å². The standard InChI is InChI=1S/C20H27NO3/c1-4-12-9-14-15-10-13-5-6-17(24-3)19(23)18(13)20(14,11-16(12)22)7-8-21(15)2/h5-6,12,14-15,23H,4,7-11H2,1-3H3. The number of phenolic OH excluding ortho intramolecular Hbond substituents is 1. The fourth-order valence-electron chi connectivity index (χ4n) is 5.72. The molecule has 1 aromatic rings. The zero-order valence-corrected chi connectivity index (χ0v) is 14.8. The molecule has 1 saturated carbocycles. The maximum Gasteiger partial charge on any atom is 0.161 e. The normalized spacial score (nSPS) is 35.3. The molecule has 2 bridgehead atoms. The van der Waals surface area contributed by atoms with Crippen molar-refractivity contribution in [2.45, 2.75) is 50.5 Å². The molecule has 1 saturated heterocycles. The maximum atomic E-state index is 12.8. The van der Waals surface area contributed by atoms with E-state index in [2.05, 4.69) is 24.9 Å². The highest BCUT2D eigenvalue weighted by Gasteiger charge is 2.57. The summed E-state index contributed by atoms with van der Waals surface area (Å²) in [7, 11) is 3.80. The summed E-state index contributed by atoms with van der Waals surface area (Å²) in [4.78, 5) is 15.3. The van der Waals surface area contributed by atoms with Gasteiger partial charge < -0.3 is 14.7 Å². The summed E-state index contributed by atoms with van der Waals surface area (Å²) in [6.45, 7) is 3.11. The van der Waals surface area contributed by atoms with Gasteiger partial charge in [-0.1, -0.05) is 13.0 Å². The summed E-state index contributed by atoms with van der Waals surface area (Å²) in [6.07, 6.45) is 4.37. The number of aromatic hydroxyl groups is 1. The van der Waals surface area contributed by atoms with Gasteiger partial charge in [-0.3, -0.25) is 4.79 Å². The highest BCUT2D eigenvalue weighted by Crippen LogP contribution is 2.59. The third-order valence-corrected chi connectivity index (χ3v) is 7.00. The van der Waals surface area contributed by atoms with Crippen molar-refractivity contribution in [3.63, 3.8) is 0 Å². The number of nitrogens with zero attached hydrogens (tertiary/aromatic N) is 1. The Morgan fingerprint density at radius 3 is 2.92 bits per heavy atom. The van der Waals surface area contributed by atoms with E-state index in [1.807, 2.05) is 6.07 Å². The van der Waals surface area contributed by atoms with Crippen LogP contribution in [0, 0.1) is 11.8 Å². The van der Waals surface area contributed by atoms with Gasteiger partial charge in [0.1, 0.15) is 5.78 Å². The Balaban J connectivity index is 1.91. The number of hydrogen-bond donors (Lipinski definition) is 1. The Morgan fingerprint density at radius 2 is 2.21 bits per heavy atom. The smallest absolute Gasteiger partial charge is 0.161 e. The molecule has 1 N–H and O–H groups in total. The van der Waals surface area contributed by atoms with Crippen molar-refractivity contribution in [3.8, 4) is 11.5 Å². The Bertz CT molecular complexity index is 686. The van der Waals surface area contributed by atoms with Gasteiger partial charge in [-0.25, -0.2) is 0 Å². The molecule has 3 aliphatic rings. The molecule has 4 unspecified atom stereocenters. The highest BCUT2D eigenvalue weighted by molar-refractivity contribution is 5.84. The van der Waals surface area contributed by atoms with Gasteiger partial charge in [-0.2, -0.15) is 0 Å². The molecule has 1 aliphatic heterocycles. The molecule has 0 spiro atoms. The van der Waals surface area contributed by atoms with Gasteiger partial charge in [0.25, 0.3) is 0 Å². The average Bonchev–Trinajstić information content (AvgIpc) is 2.57. The zero-order chi connectivity index (χ0) is 17.1. The molecule has 4 heteroatoms. The molecule has 1 aromatic carbocycles. The van der Waals surface area contributed by atoms with Gasteiger partial charge in [0, 0.05) is 29.4 Å². The van der Waals surface area contributed by atoms with Crippen LogP contribution in [-0.2, 0) is 16.6 Å². The zero-order valence-electron chi connectivity index (χ0n) is 14.8. The van der Waals surface area contributed by atoms with E-state index in [9.17, 15) is 9.90 Å². The van der Waals surface area contributed by atoms with Crippen LogP contribution in [0.3, 0.4) is 0 Å². The molecule has 1 heterocycles. The number of likely N-dealkylation sites (tertiary alicyclic amines) is 1. The van der Waals surface area contributed by atoms with Gasteiger partial charge in [0.15, 0.2) is 11.5 Å². The van der Waals surface area contributed by atoms with Crippen molar-refractivity contribution in [3.05, 3.63) is 23.3 Å². The van der Waals surface area contributed by atoms with E-state index in [0.29, 0.717) is 29.9 Å². The number of carbonyl (C=O) groups is 1. The number of phenols is 1. The molecule has 4 nitrogen and oxygen atoms in total. The molecule has 4 atom stereocenters. The van der Waals surface area contributed by atoms with Gasteiger partial charge in [-0.15, -0.1) is 0 Å². The topological polar surface area (TPSA) is 49.8 Å². The summed E-state index contributed by atoms with van der Waals surface area (Å²) in [5.74, 6) is 1.82. The number of ketones is 1. The number of hydrogen-bond acceptors (Lipinski definition) is 4. The Hall–Kier alpha value is -1.55. The number of methoxy groups -OCH3 is 1. The third kappa shape index (κ3) is 1.98. The number of Topliss-reactive ketones (excluding diaryl/α,β-unsaturated/α-hetero) is 1. The van der Waals surface area contributed by atoms with Crippen LogP contribution < -0.4 is 4.74 Å². The largest absolute Gasteiger partial charge is 0.504 e. The Kier molecular flexibility index (Phi) is 3.64. The first kappa shape index (κ1) is 15.9. The molecular weight excluding hydrogens is 302 g/mol. The monoisotopic (exact) mass is 329 g/mol. The van der Waals surface area contributed by atoms with Crippen molar-refractivity contribution in [1.82, 2.24) is 4.90 Å². The minimum absolute atomic E-state index is 0.187. The molecule has 0 amide bonds. The lowest BCUT2D eigenvalue weighted by atomic mass is 9.50. The lowest BCUT2D eigenvalue weighted by molar-refractivity contribution is -0.133. The lowest BCUT2D eigenvalue weighted by Crippen LogP contribution is -2.62. The number of fused-ring (bicyclic) bond motifs is 1. The molecule has 130 valence electrons. The van der Waals surface area contributed by atoms with Crippen LogP contribution in [0.15, 0.2) is 12.1 Å². The molecule has 0 radical (unpaired) electrons. The molecule has 24 heavy (non-hydrogen) atoms. The lowest BCUT2D eigenvalue weighted by Gasteiger charge is -2.59. The van der Waals surface area contributed by atoms with E-state index in [-0.39, 0.29) is 17.1 Å². The van der Waals surface area contributed by atoms with Crippen LogP contribution in [0.5, 0.6) is 11.5 Å². The second-order valence-electron chi connectivity index (χ2n) is 7.90. The molecule has 4 rings (SSSR count). The highest BCUT2D eigenvalue weighted by atomic mass is 16.5. The van der Waals surface area contributed by atoms with Crippen LogP contribution in [-0.4, -0.2) is 42.5 Å². The van der Waals surface area contributed by atoms with Crippen molar-refractivity contribution < 1.29 is 14.6 Å². The van der Waals surface area contributed by atoms with Gasteiger partial charge in [0.05, 0.1) is 7.11 Å². The second kappa shape index (κ2) is 5.48. The summed E-state index contributed by atoms with van der Waals surface area (Å²) < 4.78 is 5.37. The number of piperidine rings is 1. The maximum absolute atomic E-state index is 12.8. The second-order valence-corrected chi connectivity index (χ2v) is 7.90. The van der Waals surface area contributed by atoms with Crippen LogP contribution in [0.4, 0.5) is 0 Å². The number of ether oxygens (including phenoxy) is 1. The number of likely N-dealkylation sites (N-methyl/N-ethyl adjacent to an activating group) is 1. The predicted molar refractivity (Wildman–Crippen MR) is 92.6 cm³/mol. The minimum atomic E-state index is -0.202. The fraction of sp³-hybridized carbons (Fsp3) is 0.650. The average molecular weight is 329 g/mol. The van der Waals surface area contributed by atoms with Crippen LogP contribution in [0.2, 0.25) is 0 Å². The van der Waals surface area contributed by atoms with Crippen molar-refractivity contribution >= 4 is 5.78 Å². The van der Waals surface area contributed by atoms with Crippen molar-refractivity contribution in [2.24, 2.45) is 11.8 Å². The predicted octanol–water partition coefficient (Wildman–Crippen LogP) is 2.90. The van der Waals surface area contributed by atoms with Crippen LogP contribution >= 0.6 is 0 Å². The van der Waals surface area contributed by atoms with Crippen molar-refractivity contribution in [1.29, 1.82) is 0 Å². The number of carbonyl (C=O) groups excluding carboxylic acids is 1. The third-order valence-electron chi connectivity index (χ3n) is 7.00. The summed E-state index contributed by atoms with van der Waals surface area (Å²) in [6, 6.07) is 4.43. The van der Waals surface area contributed by atoms with E-state index in [0.717, 1.165) is 37.8 Å². The summed E-state index contributed by atoms with van der Waals surface area (Å²) in [5, 5.41) is 10.9. The van der Waals surface area contributed by atoms with E-state index in [4.69, 9.17) is 4.74 Å². The van der Waals surface area contributed by atoms with Gasteiger partial charge in [-0.05, 0) is 56.8 Å². The summed E-state index contributed by atoms with van der Waals surface area (Å²) in [5.41, 5.74) is 2.01. The summed E-state index contributed by atoms with van der Waals surface area (Å²) >= 11 is 0. The van der Waals surface area contributed by atoms with E-state index in [1.165, 1.54) is 5.56 Å². The van der Waals surface area contributed by atoms with Gasteiger partial charge in [0.2, 0.25) is 0 Å². The van der Waals surface area contributed by atoms with E-state index in [1.54, 1.807) is 7.11 Å². The first-order chi connectivity index (χ1) is 11.5. The molecule has 2 aliphatic carbocycles. The first-order valence-electron chi connectivity index (χ1n) is 9.14. The minimum Gasteiger partial charge on any atom is -0.504 e. The number of benzene rings is 1. The fourth-order valence-corrected chi connectivity index (χ4v) is 5.72.